The van der Waals surface area contributed by atoms with Gasteiger partial charge in [0.2, 0.25) is 5.91 Å². The van der Waals surface area contributed by atoms with Crippen LogP contribution in [0, 0.1) is 6.92 Å². The number of halogens is 3. The first-order valence-corrected chi connectivity index (χ1v) is 12.8. The molecule has 1 saturated carbocycles. The maximum Gasteiger partial charge on any atom is 0.416 e. The molecular formula is C30H30F3N3O4. The molecule has 10 heteroatoms. The molecule has 0 saturated heterocycles. The van der Waals surface area contributed by atoms with E-state index < -0.39 is 41.5 Å². The second kappa shape index (κ2) is 11.1. The summed E-state index contributed by atoms with van der Waals surface area (Å²) < 4.78 is 45.2. The van der Waals surface area contributed by atoms with Crippen molar-refractivity contribution in [1.82, 2.24) is 4.98 Å². The van der Waals surface area contributed by atoms with Gasteiger partial charge in [-0.15, -0.1) is 0 Å². The van der Waals surface area contributed by atoms with Crippen molar-refractivity contribution in [2.45, 2.75) is 64.7 Å². The van der Waals surface area contributed by atoms with Crippen molar-refractivity contribution in [1.29, 1.82) is 0 Å². The zero-order valence-corrected chi connectivity index (χ0v) is 22.6. The van der Waals surface area contributed by atoms with E-state index in [4.69, 9.17) is 4.74 Å². The minimum atomic E-state index is -4.69. The number of pyridine rings is 1. The fourth-order valence-corrected chi connectivity index (χ4v) is 4.13. The maximum atomic E-state index is 13.3. The second-order valence-electron chi connectivity index (χ2n) is 10.8. The number of hydrogen-bond donors (Lipinski definition) is 2. The Morgan fingerprint density at radius 1 is 0.975 bits per heavy atom. The average molecular weight is 554 g/mol. The molecule has 4 rings (SSSR count). The van der Waals surface area contributed by atoms with Crippen LogP contribution in [0.4, 0.5) is 29.3 Å². The van der Waals surface area contributed by atoms with Gasteiger partial charge in [0.25, 0.3) is 0 Å². The molecule has 0 aliphatic heterocycles. The molecule has 210 valence electrons. The molecule has 0 radical (unpaired) electrons. The Labute approximate surface area is 230 Å². The van der Waals surface area contributed by atoms with Crippen molar-refractivity contribution in [3.63, 3.8) is 0 Å². The lowest BCUT2D eigenvalue weighted by molar-refractivity contribution is -0.137. The summed E-state index contributed by atoms with van der Waals surface area (Å²) in [5.74, 6) is -0.849. The van der Waals surface area contributed by atoms with Crippen molar-refractivity contribution in [3.8, 4) is 11.1 Å². The molecule has 0 spiro atoms. The molecule has 2 amide bonds. The topological polar surface area (TPSA) is 97.4 Å². The van der Waals surface area contributed by atoms with Crippen LogP contribution in [-0.4, -0.2) is 28.4 Å². The Kier molecular flexibility index (Phi) is 8.00. The van der Waals surface area contributed by atoms with Crippen LogP contribution in [-0.2, 0) is 15.7 Å². The van der Waals surface area contributed by atoms with E-state index in [0.29, 0.717) is 12.0 Å². The fraction of sp³-hybridized carbons (Fsp3) is 0.333. The summed E-state index contributed by atoms with van der Waals surface area (Å²) in [6.07, 6.45) is -2.17. The van der Waals surface area contributed by atoms with E-state index in [1.807, 2.05) is 19.1 Å². The monoisotopic (exact) mass is 553 g/mol. The molecule has 2 aromatic carbocycles. The minimum Gasteiger partial charge on any atom is -0.444 e. The smallest absolute Gasteiger partial charge is 0.416 e. The second-order valence-corrected chi connectivity index (χ2v) is 10.8. The van der Waals surface area contributed by atoms with Crippen molar-refractivity contribution < 1.29 is 32.3 Å². The van der Waals surface area contributed by atoms with Gasteiger partial charge in [-0.25, -0.2) is 4.79 Å². The van der Waals surface area contributed by atoms with Gasteiger partial charge in [-0.2, -0.15) is 13.2 Å². The van der Waals surface area contributed by atoms with Crippen LogP contribution >= 0.6 is 0 Å². The number of Topliss-reactive ketones (excluding diaryl/α,β-unsaturated/α-hetero) is 1. The lowest BCUT2D eigenvalue weighted by Gasteiger charge is -2.21. The Morgan fingerprint density at radius 3 is 2.33 bits per heavy atom. The summed E-state index contributed by atoms with van der Waals surface area (Å²) in [5, 5.41) is 4.68. The van der Waals surface area contributed by atoms with Gasteiger partial charge in [-0.1, -0.05) is 18.2 Å². The summed E-state index contributed by atoms with van der Waals surface area (Å²) in [7, 11) is 0. The highest BCUT2D eigenvalue weighted by Crippen LogP contribution is 2.40. The summed E-state index contributed by atoms with van der Waals surface area (Å²) in [4.78, 5) is 42.5. The Morgan fingerprint density at radius 2 is 1.70 bits per heavy atom. The number of carbonyl (C=O) groups excluding carboxylic acids is 3. The number of nitrogens with zero attached hydrogens (tertiary/aromatic N) is 1. The highest BCUT2D eigenvalue weighted by molar-refractivity contribution is 6.12. The number of amides is 2. The third kappa shape index (κ3) is 7.46. The highest BCUT2D eigenvalue weighted by atomic mass is 19.4. The number of alkyl halides is 3. The van der Waals surface area contributed by atoms with Gasteiger partial charge in [0.05, 0.1) is 23.4 Å². The van der Waals surface area contributed by atoms with Crippen molar-refractivity contribution in [2.24, 2.45) is 0 Å². The van der Waals surface area contributed by atoms with Crippen LogP contribution in [0.3, 0.4) is 0 Å². The summed E-state index contributed by atoms with van der Waals surface area (Å²) in [5.41, 5.74) is 1.67. The number of aromatic nitrogens is 1. The van der Waals surface area contributed by atoms with Crippen LogP contribution in [0.2, 0.25) is 0 Å². The van der Waals surface area contributed by atoms with E-state index in [0.717, 1.165) is 47.4 Å². The Bertz CT molecular complexity index is 1460. The van der Waals surface area contributed by atoms with E-state index in [-0.39, 0.29) is 16.9 Å². The zero-order valence-electron chi connectivity index (χ0n) is 22.6. The van der Waals surface area contributed by atoms with E-state index in [2.05, 4.69) is 15.6 Å². The number of carbonyl (C=O) groups is 3. The van der Waals surface area contributed by atoms with Gasteiger partial charge in [-0.05, 0) is 82.0 Å². The van der Waals surface area contributed by atoms with E-state index >= 15 is 0 Å². The Balaban J connectivity index is 1.50. The molecule has 0 unspecified atom stereocenters. The van der Waals surface area contributed by atoms with Crippen LogP contribution in [0.1, 0.15) is 73.1 Å². The lowest BCUT2D eigenvalue weighted by Crippen LogP contribution is -2.28. The SMILES string of the molecule is Cc1cc(C2CC2)ncc1-c1cccc(C(=O)CC(=O)Nc2cc(C(F)(F)F)ccc2NC(=O)OC(C)(C)C)c1. The molecule has 1 aliphatic rings. The standard InChI is InChI=1S/C30H30F3N3O4/c1-17-12-24(18-8-9-18)34-16-22(17)19-6-5-7-20(13-19)26(37)15-27(38)35-25-14-21(30(31,32)33)10-11-23(25)36-28(39)40-29(2,3)4/h5-7,10-14,16,18H,8-9,15H2,1-4H3,(H,35,38)(H,36,39). The first-order chi connectivity index (χ1) is 18.7. The van der Waals surface area contributed by atoms with Gasteiger partial charge >= 0.3 is 12.3 Å². The molecule has 3 aromatic rings. The molecule has 0 bridgehead atoms. The van der Waals surface area contributed by atoms with Crippen LogP contribution < -0.4 is 10.6 Å². The molecule has 1 heterocycles. The van der Waals surface area contributed by atoms with Crippen molar-refractivity contribution in [3.05, 3.63) is 77.1 Å². The number of ketones is 1. The van der Waals surface area contributed by atoms with Gasteiger partial charge in [-0.3, -0.25) is 19.9 Å². The van der Waals surface area contributed by atoms with E-state index in [1.165, 1.54) is 0 Å². The summed E-state index contributed by atoms with van der Waals surface area (Å²) >= 11 is 0. The average Bonchev–Trinajstić information content (AvgIpc) is 3.69. The van der Waals surface area contributed by atoms with Gasteiger partial charge in [0.15, 0.2) is 5.78 Å². The predicted molar refractivity (Wildman–Crippen MR) is 145 cm³/mol. The van der Waals surface area contributed by atoms with Crippen molar-refractivity contribution in [2.75, 3.05) is 10.6 Å². The number of aryl methyl sites for hydroxylation is 1. The number of hydrogen-bond acceptors (Lipinski definition) is 5. The largest absolute Gasteiger partial charge is 0.444 e. The third-order valence-electron chi connectivity index (χ3n) is 6.20. The first kappa shape index (κ1) is 28.8. The lowest BCUT2D eigenvalue weighted by atomic mass is 9.97. The molecule has 1 aliphatic carbocycles. The zero-order chi connectivity index (χ0) is 29.2. The summed E-state index contributed by atoms with van der Waals surface area (Å²) in [6, 6.07) is 11.3. The molecule has 1 aromatic heterocycles. The quantitative estimate of drug-likeness (QED) is 0.233. The first-order valence-electron chi connectivity index (χ1n) is 12.8. The molecular weight excluding hydrogens is 523 g/mol. The van der Waals surface area contributed by atoms with Gasteiger partial charge in [0.1, 0.15) is 5.60 Å². The van der Waals surface area contributed by atoms with Crippen LogP contribution in [0.25, 0.3) is 11.1 Å². The summed E-state index contributed by atoms with van der Waals surface area (Å²) in [6.45, 7) is 6.86. The molecule has 1 fully saturated rings. The molecule has 2 N–H and O–H groups in total. The highest BCUT2D eigenvalue weighted by Gasteiger charge is 2.32. The van der Waals surface area contributed by atoms with E-state index in [9.17, 15) is 27.6 Å². The number of ether oxygens (including phenoxy) is 1. The third-order valence-corrected chi connectivity index (χ3v) is 6.20. The van der Waals surface area contributed by atoms with Crippen LogP contribution in [0.15, 0.2) is 54.7 Å². The number of nitrogens with one attached hydrogen (secondary N) is 2. The van der Waals surface area contributed by atoms with Crippen LogP contribution in [0.5, 0.6) is 0 Å². The van der Waals surface area contributed by atoms with Gasteiger partial charge < -0.3 is 10.1 Å². The molecule has 40 heavy (non-hydrogen) atoms. The fourth-order valence-electron chi connectivity index (χ4n) is 4.13. The minimum absolute atomic E-state index is 0.109. The molecule has 7 nitrogen and oxygen atoms in total. The maximum absolute atomic E-state index is 13.3. The Hall–Kier alpha value is -4.21. The number of anilines is 2. The van der Waals surface area contributed by atoms with E-state index in [1.54, 1.807) is 45.2 Å². The number of rotatable bonds is 7. The number of benzene rings is 2. The van der Waals surface area contributed by atoms with Gasteiger partial charge in [0, 0.05) is 28.9 Å². The normalized spacial score (nSPS) is 13.5. The molecule has 0 atom stereocenters. The predicted octanol–water partition coefficient (Wildman–Crippen LogP) is 7.51. The van der Waals surface area contributed by atoms with Crippen molar-refractivity contribution >= 4 is 29.2 Å².